The highest BCUT2D eigenvalue weighted by molar-refractivity contribution is 7.80. The van der Waals surface area contributed by atoms with Gasteiger partial charge in [-0.1, -0.05) is 24.2 Å². The molecule has 16 heteroatoms. The third-order valence-corrected chi connectivity index (χ3v) is 6.75. The lowest BCUT2D eigenvalue weighted by Crippen LogP contribution is -2.24. The molecule has 0 radical (unpaired) electrons. The Kier molecular flexibility index (Phi) is 13.6. The van der Waals surface area contributed by atoms with Gasteiger partial charge in [0.2, 0.25) is 22.2 Å². The number of rotatable bonds is 16. The molecule has 0 fully saturated rings. The maximum absolute atomic E-state index is 13.3. The number of halogens is 6. The minimum Gasteiger partial charge on any atom is -0.493 e. The van der Waals surface area contributed by atoms with Crippen LogP contribution in [0.4, 0.5) is 26.3 Å². The summed E-state index contributed by atoms with van der Waals surface area (Å²) < 4.78 is 123. The molecule has 0 aromatic heterocycles. The molecule has 0 N–H and O–H groups in total. The Morgan fingerprint density at radius 3 is 1.29 bits per heavy atom. The Bertz CT molecular complexity index is 1110. The molecule has 0 bridgehead atoms. The fraction of sp³-hybridized carbons (Fsp3) is 0.440. The molecular formula is C25H28F6N2O6S2. The summed E-state index contributed by atoms with van der Waals surface area (Å²) in [5.74, 6) is 0.638. The van der Waals surface area contributed by atoms with Crippen molar-refractivity contribution in [3.05, 3.63) is 59.7 Å². The average Bonchev–Trinajstić information content (AvgIpc) is 2.89. The molecule has 0 aliphatic rings. The summed E-state index contributed by atoms with van der Waals surface area (Å²) in [5.41, 5.74) is -3.27. The minimum atomic E-state index is -4.84. The molecule has 0 spiro atoms. The van der Waals surface area contributed by atoms with E-state index in [-0.39, 0.29) is 47.3 Å². The monoisotopic (exact) mass is 630 g/mol. The van der Waals surface area contributed by atoms with E-state index in [1.807, 2.05) is 0 Å². The highest BCUT2D eigenvalue weighted by Gasteiger charge is 2.39. The van der Waals surface area contributed by atoms with Crippen molar-refractivity contribution in [2.75, 3.05) is 24.7 Å². The third kappa shape index (κ3) is 12.1. The van der Waals surface area contributed by atoms with Gasteiger partial charge in [0.15, 0.2) is 11.4 Å². The van der Waals surface area contributed by atoms with Crippen molar-refractivity contribution >= 4 is 33.6 Å². The summed E-state index contributed by atoms with van der Waals surface area (Å²) >= 11 is -3.95. The smallest absolute Gasteiger partial charge is 0.437 e. The first-order valence-electron chi connectivity index (χ1n) is 12.2. The van der Waals surface area contributed by atoms with Crippen molar-refractivity contribution < 1.29 is 52.8 Å². The summed E-state index contributed by atoms with van der Waals surface area (Å²) in [6.45, 7) is 3.66. The van der Waals surface area contributed by atoms with Crippen molar-refractivity contribution in [2.24, 2.45) is 10.3 Å². The molecule has 41 heavy (non-hydrogen) atoms. The largest absolute Gasteiger partial charge is 0.493 e. The van der Waals surface area contributed by atoms with Gasteiger partial charge in [-0.25, -0.2) is 8.42 Å². The van der Waals surface area contributed by atoms with Crippen molar-refractivity contribution in [1.82, 2.24) is 0 Å². The van der Waals surface area contributed by atoms with Crippen LogP contribution in [0.5, 0.6) is 11.5 Å². The molecule has 0 aliphatic heterocycles. The molecule has 8 nitrogen and oxygen atoms in total. The number of hydrogen-bond acceptors (Lipinski definition) is 8. The summed E-state index contributed by atoms with van der Waals surface area (Å²) in [6, 6.07) is 9.77. The number of nitrogens with zero attached hydrogens (tertiary/aromatic N) is 2. The van der Waals surface area contributed by atoms with Crippen LogP contribution in [0, 0.1) is 0 Å². The van der Waals surface area contributed by atoms with Gasteiger partial charge in [0.25, 0.3) is 0 Å². The lowest BCUT2D eigenvalue weighted by atomic mass is 10.1. The molecule has 0 saturated heterocycles. The second kappa shape index (κ2) is 16.3. The second-order valence-electron chi connectivity index (χ2n) is 8.14. The molecule has 0 amide bonds. The Balaban J connectivity index is 1.88. The Labute approximate surface area is 238 Å². The van der Waals surface area contributed by atoms with E-state index < -0.39 is 45.9 Å². The highest BCUT2D eigenvalue weighted by Crippen LogP contribution is 2.26. The fourth-order valence-electron chi connectivity index (χ4n) is 2.96. The van der Waals surface area contributed by atoms with Crippen molar-refractivity contribution in [3.8, 4) is 11.5 Å². The van der Waals surface area contributed by atoms with Crippen LogP contribution in [0.25, 0.3) is 0 Å². The molecular weight excluding hydrogens is 602 g/mol. The van der Waals surface area contributed by atoms with E-state index in [1.54, 1.807) is 13.8 Å². The van der Waals surface area contributed by atoms with Crippen LogP contribution in [0.2, 0.25) is 0 Å². The minimum absolute atomic E-state index is 0.0446. The third-order valence-electron chi connectivity index (χ3n) is 4.78. The Morgan fingerprint density at radius 2 is 1.00 bits per heavy atom. The number of benzene rings is 2. The maximum Gasteiger partial charge on any atom is 0.437 e. The molecule has 0 aliphatic carbocycles. The normalized spacial score (nSPS) is 14.3. The van der Waals surface area contributed by atoms with E-state index >= 15 is 0 Å². The quantitative estimate of drug-likeness (QED) is 0.0943. The lowest BCUT2D eigenvalue weighted by Gasteiger charge is -2.12. The van der Waals surface area contributed by atoms with Crippen molar-refractivity contribution in [1.29, 1.82) is 0 Å². The van der Waals surface area contributed by atoms with Crippen LogP contribution in [-0.4, -0.2) is 56.9 Å². The van der Waals surface area contributed by atoms with E-state index in [0.717, 1.165) is 24.3 Å². The van der Waals surface area contributed by atoms with E-state index in [4.69, 9.17) is 9.47 Å². The molecule has 0 saturated carbocycles. The van der Waals surface area contributed by atoms with Gasteiger partial charge in [-0.15, -0.1) is 0 Å². The number of ether oxygens (including phenoxy) is 2. The zero-order valence-corrected chi connectivity index (χ0v) is 23.6. The average molecular weight is 631 g/mol. The SMILES string of the molecule is CCCS(=O)O/N=C(/c1ccc(OCCCOc2ccc(/C(=N/OS(=O)CCC)C(F)(F)F)cc2)cc1)C(F)(F)F. The van der Waals surface area contributed by atoms with Gasteiger partial charge in [0.1, 0.15) is 11.5 Å². The molecule has 0 heterocycles. The predicted octanol–water partition coefficient (Wildman–Crippen LogP) is 6.25. The summed E-state index contributed by atoms with van der Waals surface area (Å²) in [4.78, 5) is 0. The maximum atomic E-state index is 13.3. The van der Waals surface area contributed by atoms with Crippen LogP contribution < -0.4 is 9.47 Å². The number of alkyl halides is 6. The fourth-order valence-corrected chi connectivity index (χ4v) is 4.09. The van der Waals surface area contributed by atoms with E-state index in [9.17, 15) is 34.8 Å². The van der Waals surface area contributed by atoms with Crippen molar-refractivity contribution in [2.45, 2.75) is 45.5 Å². The Hall–Kier alpha value is -3.14. The molecule has 2 atom stereocenters. The van der Waals surface area contributed by atoms with Crippen molar-refractivity contribution in [3.63, 3.8) is 0 Å². The zero-order chi connectivity index (χ0) is 30.5. The van der Waals surface area contributed by atoms with Crippen LogP contribution in [0.1, 0.15) is 44.2 Å². The molecule has 2 rings (SSSR count). The topological polar surface area (TPSA) is 95.8 Å². The van der Waals surface area contributed by atoms with Crippen LogP contribution in [-0.2, 0) is 30.7 Å². The predicted molar refractivity (Wildman–Crippen MR) is 142 cm³/mol. The second-order valence-corrected chi connectivity index (χ2v) is 10.5. The Morgan fingerprint density at radius 1 is 0.659 bits per heavy atom. The summed E-state index contributed by atoms with van der Waals surface area (Å²) in [7, 11) is 0. The first-order valence-corrected chi connectivity index (χ1v) is 14.7. The first kappa shape index (κ1) is 34.1. The van der Waals surface area contributed by atoms with E-state index in [1.165, 1.54) is 24.3 Å². The van der Waals surface area contributed by atoms with Gasteiger partial charge in [-0.2, -0.15) is 26.3 Å². The standard InChI is InChI=1S/C25H28F6N2O6S2/c1-3-16-40(34)38-32-22(24(26,27)28)18-6-10-20(11-7-18)36-14-5-15-37-21-12-8-19(9-13-21)23(25(29,30)31)33-39-41(35)17-4-2/h6-13H,3-5,14-17H2,1-2H3/b32-22-,33-23-. The van der Waals surface area contributed by atoms with Gasteiger partial charge in [-0.3, -0.25) is 8.57 Å². The number of hydrogen-bond donors (Lipinski definition) is 0. The van der Waals surface area contributed by atoms with Gasteiger partial charge in [0, 0.05) is 17.5 Å². The van der Waals surface area contributed by atoms with Crippen LogP contribution >= 0.6 is 0 Å². The number of oxime groups is 2. The highest BCUT2D eigenvalue weighted by atomic mass is 32.2. The van der Waals surface area contributed by atoms with Gasteiger partial charge in [0.05, 0.1) is 24.7 Å². The van der Waals surface area contributed by atoms with Crippen LogP contribution in [0.3, 0.4) is 0 Å². The van der Waals surface area contributed by atoms with Gasteiger partial charge in [-0.05, 0) is 61.4 Å². The molecule has 228 valence electrons. The van der Waals surface area contributed by atoms with Gasteiger partial charge < -0.3 is 9.47 Å². The van der Waals surface area contributed by atoms with Gasteiger partial charge >= 0.3 is 12.4 Å². The van der Waals surface area contributed by atoms with Crippen LogP contribution in [0.15, 0.2) is 58.8 Å². The summed E-state index contributed by atoms with van der Waals surface area (Å²) in [5, 5.41) is 6.06. The molecule has 2 aromatic carbocycles. The zero-order valence-electron chi connectivity index (χ0n) is 22.0. The van der Waals surface area contributed by atoms with E-state index in [0.29, 0.717) is 19.3 Å². The molecule has 2 unspecified atom stereocenters. The molecule has 2 aromatic rings. The summed E-state index contributed by atoms with van der Waals surface area (Å²) in [6.07, 6.45) is -8.42. The van der Waals surface area contributed by atoms with E-state index in [2.05, 4.69) is 18.9 Å². The first-order chi connectivity index (χ1) is 19.3. The lowest BCUT2D eigenvalue weighted by molar-refractivity contribution is -0.0605.